The van der Waals surface area contributed by atoms with Crippen LogP contribution in [-0.4, -0.2) is 35.0 Å². The molecule has 1 aromatic rings. The number of benzene rings is 1. The monoisotopic (exact) mass is 518 g/mol. The number of rotatable bonds is 20. The van der Waals surface area contributed by atoms with E-state index in [2.05, 4.69) is 23.3 Å². The van der Waals surface area contributed by atoms with Crippen LogP contribution in [0.25, 0.3) is 0 Å². The second-order valence-corrected chi connectivity index (χ2v) is 12.9. The molecule has 0 aliphatic heterocycles. The van der Waals surface area contributed by atoms with E-state index in [1.165, 1.54) is 44.6 Å². The van der Waals surface area contributed by atoms with Gasteiger partial charge in [-0.15, -0.1) is 0 Å². The molecule has 0 bridgehead atoms. The minimum absolute atomic E-state index is 0.105. The van der Waals surface area contributed by atoms with Gasteiger partial charge >= 0.3 is 0 Å². The highest BCUT2D eigenvalue weighted by Crippen LogP contribution is 2.26. The van der Waals surface area contributed by atoms with Gasteiger partial charge in [0.1, 0.15) is 5.75 Å². The molecule has 1 aromatic carbocycles. The smallest absolute Gasteiger partial charge is 0.215 e. The topological polar surface area (TPSA) is 113 Å². The molecule has 0 radical (unpaired) electrons. The van der Waals surface area contributed by atoms with Gasteiger partial charge in [-0.25, -0.2) is 26.3 Å². The summed E-state index contributed by atoms with van der Waals surface area (Å²) in [7, 11) is -7.18. The molecule has 7 nitrogen and oxygen atoms in total. The van der Waals surface area contributed by atoms with Gasteiger partial charge in [-0.1, -0.05) is 84.1 Å². The summed E-state index contributed by atoms with van der Waals surface area (Å²) in [6, 6.07) is 3.08. The van der Waals surface area contributed by atoms with Crippen molar-refractivity contribution in [3.8, 4) is 5.75 Å². The highest BCUT2D eigenvalue weighted by molar-refractivity contribution is 7.89. The number of aryl methyl sites for hydroxylation is 1. The van der Waals surface area contributed by atoms with Crippen molar-refractivity contribution < 1.29 is 21.9 Å². The number of phenols is 1. The number of aromatic hydroxyl groups is 1. The Morgan fingerprint density at radius 2 is 1.12 bits per heavy atom. The largest absolute Gasteiger partial charge is 0.507 e. The second kappa shape index (κ2) is 16.5. The van der Waals surface area contributed by atoms with E-state index in [0.717, 1.165) is 38.5 Å². The van der Waals surface area contributed by atoms with E-state index in [1.54, 1.807) is 13.0 Å². The van der Waals surface area contributed by atoms with Crippen molar-refractivity contribution in [1.82, 2.24) is 9.44 Å². The van der Waals surface area contributed by atoms with Crippen LogP contribution in [0.5, 0.6) is 5.75 Å². The summed E-state index contributed by atoms with van der Waals surface area (Å²) in [5.41, 5.74) is 1.15. The minimum atomic E-state index is -3.63. The van der Waals surface area contributed by atoms with E-state index in [-0.39, 0.29) is 22.8 Å². The van der Waals surface area contributed by atoms with Gasteiger partial charge in [-0.3, -0.25) is 0 Å². The molecule has 34 heavy (non-hydrogen) atoms. The summed E-state index contributed by atoms with van der Waals surface area (Å²) in [5.74, 6) is -0.734. The molecule has 0 fully saturated rings. The number of sulfonamides is 2. The Kier molecular flexibility index (Phi) is 15.0. The summed E-state index contributed by atoms with van der Waals surface area (Å²) in [6.07, 6.45) is 12.8. The van der Waals surface area contributed by atoms with Crippen LogP contribution in [0.2, 0.25) is 0 Å². The first-order chi connectivity index (χ1) is 16.1. The predicted molar refractivity (Wildman–Crippen MR) is 141 cm³/mol. The van der Waals surface area contributed by atoms with Crippen LogP contribution >= 0.6 is 0 Å². The van der Waals surface area contributed by atoms with Gasteiger partial charge in [0.25, 0.3) is 0 Å². The molecule has 9 heteroatoms. The molecular formula is C25H46N2O5S2. The molecule has 0 unspecified atom stereocenters. The fourth-order valence-corrected chi connectivity index (χ4v) is 6.27. The van der Waals surface area contributed by atoms with Gasteiger partial charge in [0.05, 0.1) is 11.5 Å². The standard InChI is InChI=1S/C25H46N2O5S2/c1-4-6-8-10-12-14-16-26-33(29,30)20-23-18-22(3)25(28)24(19-23)21-34(31,32)27-17-15-13-11-9-7-5-2/h18-19,26-28H,4-17,20-21H2,1-3H3. The zero-order chi connectivity index (χ0) is 25.5. The van der Waals surface area contributed by atoms with Gasteiger partial charge < -0.3 is 5.11 Å². The number of phenolic OH excluding ortho intramolecular Hbond substituents is 1. The predicted octanol–water partition coefficient (Wildman–Crippen LogP) is 5.26. The number of hydrogen-bond donors (Lipinski definition) is 3. The molecule has 0 aliphatic carbocycles. The molecule has 0 aliphatic rings. The van der Waals surface area contributed by atoms with E-state index in [1.807, 2.05) is 0 Å². The molecule has 0 aromatic heterocycles. The van der Waals surface area contributed by atoms with E-state index in [4.69, 9.17) is 0 Å². The maximum Gasteiger partial charge on any atom is 0.215 e. The molecule has 0 amide bonds. The highest BCUT2D eigenvalue weighted by atomic mass is 32.2. The van der Waals surface area contributed by atoms with Crippen molar-refractivity contribution in [2.45, 2.75) is 109 Å². The molecule has 198 valence electrons. The van der Waals surface area contributed by atoms with Gasteiger partial charge in [-0.05, 0) is 37.0 Å². The van der Waals surface area contributed by atoms with Crippen LogP contribution in [-0.2, 0) is 31.6 Å². The van der Waals surface area contributed by atoms with E-state index in [9.17, 15) is 21.9 Å². The fourth-order valence-electron chi connectivity index (χ4n) is 3.92. The summed E-state index contributed by atoms with van der Waals surface area (Å²) >= 11 is 0. The highest BCUT2D eigenvalue weighted by Gasteiger charge is 2.18. The van der Waals surface area contributed by atoms with Crippen LogP contribution in [0.3, 0.4) is 0 Å². The van der Waals surface area contributed by atoms with Gasteiger partial charge in [0.15, 0.2) is 0 Å². The van der Waals surface area contributed by atoms with Gasteiger partial charge in [-0.2, -0.15) is 0 Å². The van der Waals surface area contributed by atoms with Crippen molar-refractivity contribution in [2.75, 3.05) is 13.1 Å². The van der Waals surface area contributed by atoms with E-state index < -0.39 is 20.0 Å². The average molecular weight is 519 g/mol. The zero-order valence-corrected chi connectivity index (χ0v) is 23.0. The van der Waals surface area contributed by atoms with Crippen molar-refractivity contribution in [1.29, 1.82) is 0 Å². The first-order valence-corrected chi connectivity index (χ1v) is 16.2. The van der Waals surface area contributed by atoms with Gasteiger partial charge in [0, 0.05) is 18.7 Å². The quantitative estimate of drug-likeness (QED) is 0.204. The average Bonchev–Trinajstić information content (AvgIpc) is 2.75. The molecule has 3 N–H and O–H groups in total. The van der Waals surface area contributed by atoms with Crippen LogP contribution < -0.4 is 9.44 Å². The lowest BCUT2D eigenvalue weighted by Crippen LogP contribution is -2.27. The van der Waals surface area contributed by atoms with Crippen molar-refractivity contribution in [3.05, 3.63) is 28.8 Å². The molecule has 0 heterocycles. The Hall–Kier alpha value is -1.16. The van der Waals surface area contributed by atoms with Crippen LogP contribution in [0.1, 0.15) is 108 Å². The summed E-state index contributed by atoms with van der Waals surface area (Å²) in [6.45, 7) is 6.73. The Bertz CT molecular complexity index is 915. The molecule has 0 saturated carbocycles. The van der Waals surface area contributed by atoms with E-state index >= 15 is 0 Å². The first-order valence-electron chi connectivity index (χ1n) is 12.9. The van der Waals surface area contributed by atoms with E-state index in [0.29, 0.717) is 24.2 Å². The maximum atomic E-state index is 12.5. The molecule has 1 rings (SSSR count). The van der Waals surface area contributed by atoms with Crippen LogP contribution in [0.4, 0.5) is 0 Å². The first kappa shape index (κ1) is 30.9. The SMILES string of the molecule is CCCCCCCCNS(=O)(=O)Cc1cc(C)c(O)c(CS(=O)(=O)NCCCCCCCC)c1. The Morgan fingerprint density at radius 1 is 0.676 bits per heavy atom. The Morgan fingerprint density at radius 3 is 1.62 bits per heavy atom. The Labute approximate surface area is 208 Å². The Balaban J connectivity index is 2.61. The van der Waals surface area contributed by atoms with Crippen molar-refractivity contribution in [3.63, 3.8) is 0 Å². The zero-order valence-electron chi connectivity index (χ0n) is 21.4. The summed E-state index contributed by atoms with van der Waals surface area (Å²) < 4.78 is 55.2. The van der Waals surface area contributed by atoms with Crippen molar-refractivity contribution in [2.24, 2.45) is 0 Å². The lowest BCUT2D eigenvalue weighted by atomic mass is 10.1. The fraction of sp³-hybridized carbons (Fsp3) is 0.760. The van der Waals surface area contributed by atoms with Gasteiger partial charge in [0.2, 0.25) is 20.0 Å². The number of unbranched alkanes of at least 4 members (excludes halogenated alkanes) is 10. The molecule has 0 spiro atoms. The molecule has 0 atom stereocenters. The number of hydrogen-bond acceptors (Lipinski definition) is 5. The normalized spacial score (nSPS) is 12.3. The van der Waals surface area contributed by atoms with Crippen molar-refractivity contribution >= 4 is 20.0 Å². The third kappa shape index (κ3) is 13.7. The number of nitrogens with one attached hydrogen (secondary N) is 2. The van der Waals surface area contributed by atoms with Crippen LogP contribution in [0, 0.1) is 6.92 Å². The third-order valence-corrected chi connectivity index (χ3v) is 8.54. The summed E-state index contributed by atoms with van der Waals surface area (Å²) in [4.78, 5) is 0. The maximum absolute atomic E-state index is 12.5. The minimum Gasteiger partial charge on any atom is -0.507 e. The lowest BCUT2D eigenvalue weighted by molar-refractivity contribution is 0.465. The summed E-state index contributed by atoms with van der Waals surface area (Å²) in [5, 5.41) is 10.4. The molecular weight excluding hydrogens is 472 g/mol. The second-order valence-electron chi connectivity index (χ2n) is 9.26. The third-order valence-electron chi connectivity index (χ3n) is 5.85. The van der Waals surface area contributed by atoms with Crippen LogP contribution in [0.15, 0.2) is 12.1 Å². The molecule has 0 saturated heterocycles. The lowest BCUT2D eigenvalue weighted by Gasteiger charge is -2.13.